The van der Waals surface area contributed by atoms with E-state index in [9.17, 15) is 9.50 Å². The van der Waals surface area contributed by atoms with Gasteiger partial charge in [-0.15, -0.1) is 0 Å². The van der Waals surface area contributed by atoms with Crippen molar-refractivity contribution in [1.29, 1.82) is 0 Å². The van der Waals surface area contributed by atoms with Gasteiger partial charge in [0, 0.05) is 32.0 Å². The molecule has 1 aliphatic heterocycles. The van der Waals surface area contributed by atoms with Gasteiger partial charge in [0.05, 0.1) is 13.7 Å². The van der Waals surface area contributed by atoms with Crippen molar-refractivity contribution in [2.45, 2.75) is 38.5 Å². The molecular formula is C26H32FN3O4. The number of hydrogen-bond acceptors (Lipinski definition) is 6. The van der Waals surface area contributed by atoms with Crippen molar-refractivity contribution >= 4 is 0 Å². The quantitative estimate of drug-likeness (QED) is 0.487. The summed E-state index contributed by atoms with van der Waals surface area (Å²) in [6.45, 7) is 5.69. The summed E-state index contributed by atoms with van der Waals surface area (Å²) in [5, 5.41) is 10.9. The largest absolute Gasteiger partial charge is 0.493 e. The minimum absolute atomic E-state index is 0.199. The molecular weight excluding hydrogens is 437 g/mol. The summed E-state index contributed by atoms with van der Waals surface area (Å²) in [5.74, 6) is 2.64. The van der Waals surface area contributed by atoms with Crippen LogP contribution in [0.4, 0.5) is 4.39 Å². The Morgan fingerprint density at radius 3 is 2.50 bits per heavy atom. The SMILES string of the molecule is COc1cc(CN2CCC(O)(COc3ccc(F)cc3)CC2)ccc1OCCn1ccnc1C. The highest BCUT2D eigenvalue weighted by Gasteiger charge is 2.33. The number of ether oxygens (including phenoxy) is 3. The molecule has 8 heteroatoms. The first-order valence-corrected chi connectivity index (χ1v) is 11.5. The van der Waals surface area contributed by atoms with Crippen LogP contribution in [0.5, 0.6) is 17.2 Å². The molecule has 1 fully saturated rings. The molecule has 4 rings (SSSR count). The molecule has 1 aromatic heterocycles. The van der Waals surface area contributed by atoms with Crippen molar-refractivity contribution in [1.82, 2.24) is 14.5 Å². The van der Waals surface area contributed by atoms with Crippen LogP contribution in [0, 0.1) is 12.7 Å². The average Bonchev–Trinajstić information content (AvgIpc) is 3.25. The summed E-state index contributed by atoms with van der Waals surface area (Å²) in [6, 6.07) is 11.9. The van der Waals surface area contributed by atoms with Gasteiger partial charge in [0.15, 0.2) is 11.5 Å². The highest BCUT2D eigenvalue weighted by atomic mass is 19.1. The van der Waals surface area contributed by atoms with Gasteiger partial charge in [-0.25, -0.2) is 9.37 Å². The van der Waals surface area contributed by atoms with Gasteiger partial charge in [-0.3, -0.25) is 4.90 Å². The lowest BCUT2D eigenvalue weighted by atomic mass is 9.92. The van der Waals surface area contributed by atoms with Crippen LogP contribution in [0.1, 0.15) is 24.2 Å². The smallest absolute Gasteiger partial charge is 0.161 e. The van der Waals surface area contributed by atoms with E-state index in [0.29, 0.717) is 30.9 Å². The molecule has 0 radical (unpaired) electrons. The number of halogens is 1. The fourth-order valence-corrected chi connectivity index (χ4v) is 4.10. The molecule has 2 aromatic carbocycles. The Kier molecular flexibility index (Phi) is 7.70. The lowest BCUT2D eigenvalue weighted by Gasteiger charge is -2.38. The van der Waals surface area contributed by atoms with Crippen LogP contribution in [0.25, 0.3) is 0 Å². The number of hydrogen-bond donors (Lipinski definition) is 1. The predicted molar refractivity (Wildman–Crippen MR) is 127 cm³/mol. The Morgan fingerprint density at radius 2 is 1.82 bits per heavy atom. The molecule has 182 valence electrons. The third-order valence-electron chi connectivity index (χ3n) is 6.26. The zero-order valence-corrected chi connectivity index (χ0v) is 19.7. The van der Waals surface area contributed by atoms with E-state index < -0.39 is 5.60 Å². The summed E-state index contributed by atoms with van der Waals surface area (Å²) >= 11 is 0. The maximum Gasteiger partial charge on any atom is 0.161 e. The molecule has 0 bridgehead atoms. The molecule has 1 saturated heterocycles. The summed E-state index contributed by atoms with van der Waals surface area (Å²) < 4.78 is 32.3. The first-order valence-electron chi connectivity index (χ1n) is 11.5. The topological polar surface area (TPSA) is 69.0 Å². The standard InChI is InChI=1S/C26H32FN3O4/c1-20-28-11-14-30(20)15-16-33-24-8-3-21(17-25(24)32-2)18-29-12-9-26(31,10-13-29)19-34-23-6-4-22(27)5-7-23/h3-8,11,14,17,31H,9-10,12-13,15-16,18-19H2,1-2H3. The number of aryl methyl sites for hydroxylation is 1. The van der Waals surface area contributed by atoms with E-state index in [1.807, 2.05) is 29.8 Å². The molecule has 1 aliphatic rings. The lowest BCUT2D eigenvalue weighted by molar-refractivity contribution is -0.0537. The number of rotatable bonds is 10. The van der Waals surface area contributed by atoms with Gasteiger partial charge >= 0.3 is 0 Å². The van der Waals surface area contributed by atoms with E-state index in [4.69, 9.17) is 14.2 Å². The number of nitrogens with zero attached hydrogens (tertiary/aromatic N) is 3. The Balaban J connectivity index is 1.25. The fraction of sp³-hybridized carbons (Fsp3) is 0.423. The van der Waals surface area contributed by atoms with Crippen molar-refractivity contribution < 1.29 is 23.7 Å². The minimum Gasteiger partial charge on any atom is -0.493 e. The minimum atomic E-state index is -0.881. The van der Waals surface area contributed by atoms with Gasteiger partial charge in [-0.2, -0.15) is 0 Å². The maximum absolute atomic E-state index is 13.0. The third-order valence-corrected chi connectivity index (χ3v) is 6.26. The summed E-state index contributed by atoms with van der Waals surface area (Å²) in [7, 11) is 1.65. The van der Waals surface area contributed by atoms with E-state index in [1.165, 1.54) is 12.1 Å². The van der Waals surface area contributed by atoms with Crippen LogP contribution in [-0.4, -0.2) is 58.6 Å². The van der Waals surface area contributed by atoms with Crippen molar-refractivity contribution in [2.24, 2.45) is 0 Å². The molecule has 0 amide bonds. The molecule has 2 heterocycles. The first-order chi connectivity index (χ1) is 16.4. The van der Waals surface area contributed by atoms with E-state index in [1.54, 1.807) is 25.4 Å². The van der Waals surface area contributed by atoms with Crippen molar-refractivity contribution in [3.05, 3.63) is 72.1 Å². The Bertz CT molecular complexity index is 1060. The Morgan fingerprint density at radius 1 is 1.06 bits per heavy atom. The van der Waals surface area contributed by atoms with E-state index in [-0.39, 0.29) is 12.4 Å². The zero-order chi connectivity index (χ0) is 24.0. The fourth-order valence-electron chi connectivity index (χ4n) is 4.10. The van der Waals surface area contributed by atoms with Gasteiger partial charge in [0.2, 0.25) is 0 Å². The van der Waals surface area contributed by atoms with Crippen molar-refractivity contribution in [2.75, 3.05) is 33.4 Å². The third kappa shape index (κ3) is 6.27. The van der Waals surface area contributed by atoms with Crippen molar-refractivity contribution in [3.63, 3.8) is 0 Å². The Hall–Kier alpha value is -3.10. The molecule has 0 saturated carbocycles. The van der Waals surface area contributed by atoms with Gasteiger partial charge in [0.25, 0.3) is 0 Å². The summed E-state index contributed by atoms with van der Waals surface area (Å²) in [5.41, 5.74) is 0.246. The van der Waals surface area contributed by atoms with Crippen LogP contribution in [0.2, 0.25) is 0 Å². The number of aromatic nitrogens is 2. The number of piperidine rings is 1. The van der Waals surface area contributed by atoms with Crippen LogP contribution in [-0.2, 0) is 13.1 Å². The molecule has 34 heavy (non-hydrogen) atoms. The van der Waals surface area contributed by atoms with Gasteiger partial charge in [0.1, 0.15) is 36.2 Å². The van der Waals surface area contributed by atoms with E-state index in [0.717, 1.165) is 43.3 Å². The molecule has 0 spiro atoms. The molecule has 0 aliphatic carbocycles. The van der Waals surface area contributed by atoms with Crippen LogP contribution >= 0.6 is 0 Å². The molecule has 7 nitrogen and oxygen atoms in total. The number of likely N-dealkylation sites (tertiary alicyclic amines) is 1. The number of benzene rings is 2. The molecule has 3 aromatic rings. The van der Waals surface area contributed by atoms with Gasteiger partial charge < -0.3 is 23.9 Å². The number of methoxy groups -OCH3 is 1. The monoisotopic (exact) mass is 469 g/mol. The molecule has 0 atom stereocenters. The summed E-state index contributed by atoms with van der Waals surface area (Å²) in [6.07, 6.45) is 4.94. The van der Waals surface area contributed by atoms with Crippen LogP contribution in [0.3, 0.4) is 0 Å². The van der Waals surface area contributed by atoms with Crippen LogP contribution in [0.15, 0.2) is 54.9 Å². The zero-order valence-electron chi connectivity index (χ0n) is 19.7. The van der Waals surface area contributed by atoms with Crippen molar-refractivity contribution in [3.8, 4) is 17.2 Å². The Labute approximate surface area is 199 Å². The molecule has 0 unspecified atom stereocenters. The van der Waals surface area contributed by atoms with Gasteiger partial charge in [-0.05, 0) is 61.7 Å². The number of imidazole rings is 1. The predicted octanol–water partition coefficient (Wildman–Crippen LogP) is 3.82. The van der Waals surface area contributed by atoms with E-state index >= 15 is 0 Å². The van der Waals surface area contributed by atoms with Crippen LogP contribution < -0.4 is 14.2 Å². The highest BCUT2D eigenvalue weighted by molar-refractivity contribution is 5.43. The van der Waals surface area contributed by atoms with Gasteiger partial charge in [-0.1, -0.05) is 6.07 Å². The first kappa shape index (κ1) is 24.0. The second kappa shape index (κ2) is 10.9. The summed E-state index contributed by atoms with van der Waals surface area (Å²) in [4.78, 5) is 6.53. The highest BCUT2D eigenvalue weighted by Crippen LogP contribution is 2.30. The second-order valence-corrected chi connectivity index (χ2v) is 8.74. The maximum atomic E-state index is 13.0. The normalized spacial score (nSPS) is 15.8. The number of aliphatic hydroxyl groups is 1. The average molecular weight is 470 g/mol. The second-order valence-electron chi connectivity index (χ2n) is 8.74. The molecule has 1 N–H and O–H groups in total. The van der Waals surface area contributed by atoms with E-state index in [2.05, 4.69) is 16.0 Å². The lowest BCUT2D eigenvalue weighted by Crippen LogP contribution is -2.47.